The number of nitrogens with zero attached hydrogens (tertiary/aromatic N) is 2. The highest BCUT2D eigenvalue weighted by atomic mass is 16.5. The Bertz CT molecular complexity index is 689. The lowest BCUT2D eigenvalue weighted by Crippen LogP contribution is -2.02. The average molecular weight is 285 g/mol. The van der Waals surface area contributed by atoms with Crippen LogP contribution in [0.2, 0.25) is 0 Å². The SMILES string of the molecule is Cc1nc(-c2ccc3c(c2)OCCCO3)c(N)n1C1CC1. The van der Waals surface area contributed by atoms with Crippen LogP contribution < -0.4 is 15.2 Å². The Morgan fingerprint density at radius 2 is 1.95 bits per heavy atom. The van der Waals surface area contributed by atoms with Crippen LogP contribution in [0.1, 0.15) is 31.1 Å². The summed E-state index contributed by atoms with van der Waals surface area (Å²) < 4.78 is 13.6. The third-order valence-corrected chi connectivity index (χ3v) is 4.06. The molecule has 5 nitrogen and oxygen atoms in total. The molecule has 1 aromatic carbocycles. The van der Waals surface area contributed by atoms with E-state index in [1.807, 2.05) is 25.1 Å². The first-order chi connectivity index (χ1) is 10.2. The molecule has 2 aliphatic rings. The van der Waals surface area contributed by atoms with Gasteiger partial charge in [-0.3, -0.25) is 0 Å². The van der Waals surface area contributed by atoms with E-state index in [4.69, 9.17) is 15.2 Å². The molecular formula is C16H19N3O2. The number of aryl methyl sites for hydroxylation is 1. The monoisotopic (exact) mass is 285 g/mol. The Morgan fingerprint density at radius 1 is 1.19 bits per heavy atom. The fraction of sp³-hybridized carbons (Fsp3) is 0.438. The quantitative estimate of drug-likeness (QED) is 0.921. The second kappa shape index (κ2) is 4.69. The van der Waals surface area contributed by atoms with E-state index in [1.54, 1.807) is 0 Å². The van der Waals surface area contributed by atoms with Gasteiger partial charge in [0.15, 0.2) is 11.5 Å². The number of benzene rings is 1. The standard InChI is InChI=1S/C16H19N3O2/c1-10-18-15(16(17)19(10)12-4-5-12)11-3-6-13-14(9-11)21-8-2-7-20-13/h3,6,9,12H,2,4-5,7-8,17H2,1H3. The zero-order valence-corrected chi connectivity index (χ0v) is 12.1. The molecule has 21 heavy (non-hydrogen) atoms. The molecule has 0 spiro atoms. The van der Waals surface area contributed by atoms with Crippen LogP contribution >= 0.6 is 0 Å². The van der Waals surface area contributed by atoms with Crippen molar-refractivity contribution in [1.29, 1.82) is 0 Å². The first-order valence-corrected chi connectivity index (χ1v) is 7.48. The van der Waals surface area contributed by atoms with Crippen molar-refractivity contribution in [2.24, 2.45) is 0 Å². The molecule has 110 valence electrons. The van der Waals surface area contributed by atoms with Crippen molar-refractivity contribution in [1.82, 2.24) is 9.55 Å². The maximum Gasteiger partial charge on any atom is 0.161 e. The van der Waals surface area contributed by atoms with Crippen LogP contribution in [-0.4, -0.2) is 22.8 Å². The second-order valence-electron chi connectivity index (χ2n) is 5.71. The molecule has 0 radical (unpaired) electrons. The normalized spacial score (nSPS) is 17.6. The number of nitrogens with two attached hydrogens (primary N) is 1. The van der Waals surface area contributed by atoms with Crippen LogP contribution in [-0.2, 0) is 0 Å². The van der Waals surface area contributed by atoms with Gasteiger partial charge in [-0.1, -0.05) is 0 Å². The smallest absolute Gasteiger partial charge is 0.161 e. The highest BCUT2D eigenvalue weighted by Gasteiger charge is 2.29. The van der Waals surface area contributed by atoms with Gasteiger partial charge in [-0.25, -0.2) is 4.98 Å². The molecule has 5 heteroatoms. The molecule has 1 fully saturated rings. The van der Waals surface area contributed by atoms with Gasteiger partial charge in [0.1, 0.15) is 17.3 Å². The summed E-state index contributed by atoms with van der Waals surface area (Å²) in [7, 11) is 0. The van der Waals surface area contributed by atoms with Gasteiger partial charge in [-0.05, 0) is 38.0 Å². The molecule has 0 amide bonds. The minimum absolute atomic E-state index is 0.534. The van der Waals surface area contributed by atoms with E-state index in [0.29, 0.717) is 19.3 Å². The number of rotatable bonds is 2. The predicted molar refractivity (Wildman–Crippen MR) is 80.7 cm³/mol. The molecule has 1 aliphatic carbocycles. The van der Waals surface area contributed by atoms with E-state index in [0.717, 1.165) is 40.8 Å². The summed E-state index contributed by atoms with van der Waals surface area (Å²) in [5.41, 5.74) is 8.14. The molecule has 0 atom stereocenters. The van der Waals surface area contributed by atoms with Crippen LogP contribution in [0, 0.1) is 6.92 Å². The lowest BCUT2D eigenvalue weighted by molar-refractivity contribution is 0.297. The summed E-state index contributed by atoms with van der Waals surface area (Å²) in [5, 5.41) is 0. The zero-order chi connectivity index (χ0) is 14.4. The van der Waals surface area contributed by atoms with Crippen LogP contribution in [0.3, 0.4) is 0 Å². The van der Waals surface area contributed by atoms with Crippen LogP contribution in [0.15, 0.2) is 18.2 Å². The Hall–Kier alpha value is -2.17. The van der Waals surface area contributed by atoms with E-state index in [9.17, 15) is 0 Å². The highest BCUT2D eigenvalue weighted by Crippen LogP contribution is 2.42. The largest absolute Gasteiger partial charge is 0.490 e. The van der Waals surface area contributed by atoms with Gasteiger partial charge in [0, 0.05) is 18.0 Å². The van der Waals surface area contributed by atoms with Gasteiger partial charge in [-0.15, -0.1) is 0 Å². The van der Waals surface area contributed by atoms with Crippen LogP contribution in [0.25, 0.3) is 11.3 Å². The third kappa shape index (κ3) is 2.13. The van der Waals surface area contributed by atoms with Gasteiger partial charge in [0.05, 0.1) is 13.2 Å². The Balaban J connectivity index is 1.76. The fourth-order valence-corrected chi connectivity index (χ4v) is 2.88. The summed E-state index contributed by atoms with van der Waals surface area (Å²) in [6, 6.07) is 6.46. The first kappa shape index (κ1) is 12.6. The molecule has 4 rings (SSSR count). The van der Waals surface area contributed by atoms with Gasteiger partial charge in [-0.2, -0.15) is 0 Å². The van der Waals surface area contributed by atoms with Crippen molar-refractivity contribution >= 4 is 5.82 Å². The van der Waals surface area contributed by atoms with Crippen molar-refractivity contribution in [2.75, 3.05) is 18.9 Å². The minimum Gasteiger partial charge on any atom is -0.490 e. The molecule has 1 aromatic heterocycles. The van der Waals surface area contributed by atoms with Gasteiger partial charge < -0.3 is 19.8 Å². The highest BCUT2D eigenvalue weighted by molar-refractivity contribution is 5.73. The Labute approximate surface area is 123 Å². The molecule has 1 saturated carbocycles. The Kier molecular flexibility index (Phi) is 2.80. The molecule has 2 N–H and O–H groups in total. The zero-order valence-electron chi connectivity index (χ0n) is 12.1. The molecule has 2 heterocycles. The minimum atomic E-state index is 0.534. The summed E-state index contributed by atoms with van der Waals surface area (Å²) in [6.07, 6.45) is 3.30. The summed E-state index contributed by atoms with van der Waals surface area (Å²) in [5.74, 6) is 3.32. The van der Waals surface area contributed by atoms with Crippen LogP contribution in [0.4, 0.5) is 5.82 Å². The topological polar surface area (TPSA) is 62.3 Å². The van der Waals surface area contributed by atoms with Crippen molar-refractivity contribution in [3.05, 3.63) is 24.0 Å². The van der Waals surface area contributed by atoms with Crippen LogP contribution in [0.5, 0.6) is 11.5 Å². The fourth-order valence-electron chi connectivity index (χ4n) is 2.88. The maximum atomic E-state index is 6.31. The lowest BCUT2D eigenvalue weighted by Gasteiger charge is -2.09. The van der Waals surface area contributed by atoms with E-state index >= 15 is 0 Å². The average Bonchev–Trinajstić information content (AvgIpc) is 3.27. The Morgan fingerprint density at radius 3 is 2.71 bits per heavy atom. The lowest BCUT2D eigenvalue weighted by atomic mass is 10.1. The predicted octanol–water partition coefficient (Wildman–Crippen LogP) is 2.94. The molecule has 0 bridgehead atoms. The number of fused-ring (bicyclic) bond motifs is 1. The van der Waals surface area contributed by atoms with E-state index < -0.39 is 0 Å². The molecule has 0 saturated heterocycles. The summed E-state index contributed by atoms with van der Waals surface area (Å²) >= 11 is 0. The third-order valence-electron chi connectivity index (χ3n) is 4.06. The molecule has 1 aliphatic heterocycles. The van der Waals surface area contributed by atoms with Gasteiger partial charge >= 0.3 is 0 Å². The number of imidazole rings is 1. The van der Waals surface area contributed by atoms with E-state index in [2.05, 4.69) is 9.55 Å². The number of anilines is 1. The van der Waals surface area contributed by atoms with Crippen molar-refractivity contribution in [2.45, 2.75) is 32.2 Å². The second-order valence-corrected chi connectivity index (χ2v) is 5.71. The van der Waals surface area contributed by atoms with Gasteiger partial charge in [0.25, 0.3) is 0 Å². The molecular weight excluding hydrogens is 266 g/mol. The van der Waals surface area contributed by atoms with Gasteiger partial charge in [0.2, 0.25) is 0 Å². The number of aromatic nitrogens is 2. The first-order valence-electron chi connectivity index (χ1n) is 7.48. The number of hydrogen-bond acceptors (Lipinski definition) is 4. The summed E-state index contributed by atoms with van der Waals surface area (Å²) in [4.78, 5) is 4.66. The van der Waals surface area contributed by atoms with Crippen molar-refractivity contribution < 1.29 is 9.47 Å². The number of hydrogen-bond donors (Lipinski definition) is 1. The molecule has 0 unspecified atom stereocenters. The molecule has 2 aromatic rings. The number of nitrogen functional groups attached to an aromatic ring is 1. The maximum absolute atomic E-state index is 6.31. The van der Waals surface area contributed by atoms with E-state index in [1.165, 1.54) is 12.8 Å². The van der Waals surface area contributed by atoms with Crippen molar-refractivity contribution in [3.63, 3.8) is 0 Å². The van der Waals surface area contributed by atoms with E-state index in [-0.39, 0.29) is 0 Å². The van der Waals surface area contributed by atoms with Crippen molar-refractivity contribution in [3.8, 4) is 22.8 Å². The summed E-state index contributed by atoms with van der Waals surface area (Å²) in [6.45, 7) is 3.40. The number of ether oxygens (including phenoxy) is 2.